The minimum absolute atomic E-state index is 0.0722. The lowest BCUT2D eigenvalue weighted by Crippen LogP contribution is -2.39. The van der Waals surface area contributed by atoms with Crippen LogP contribution in [0, 0.1) is 6.92 Å². The first-order valence-electron chi connectivity index (χ1n) is 11.2. The number of hydrogen-bond donors (Lipinski definition) is 0. The lowest BCUT2D eigenvalue weighted by molar-refractivity contribution is 0.0699. The van der Waals surface area contributed by atoms with Gasteiger partial charge in [-0.2, -0.15) is 0 Å². The number of ether oxygens (including phenoxy) is 3. The van der Waals surface area contributed by atoms with Crippen LogP contribution in [0.1, 0.15) is 40.5 Å². The van der Waals surface area contributed by atoms with Crippen LogP contribution in [0.15, 0.2) is 54.6 Å². The van der Waals surface area contributed by atoms with Gasteiger partial charge in [-0.25, -0.2) is 0 Å². The molecule has 0 saturated carbocycles. The third-order valence-electron chi connectivity index (χ3n) is 6.17. The first-order valence-corrected chi connectivity index (χ1v) is 11.2. The van der Waals surface area contributed by atoms with Gasteiger partial charge in [0.2, 0.25) is 0 Å². The summed E-state index contributed by atoms with van der Waals surface area (Å²) in [5.41, 5.74) is 4.69. The van der Waals surface area contributed by atoms with Gasteiger partial charge in [0.1, 0.15) is 22.8 Å². The van der Waals surface area contributed by atoms with E-state index in [4.69, 9.17) is 19.2 Å². The van der Waals surface area contributed by atoms with Crippen molar-refractivity contribution in [3.8, 4) is 28.4 Å². The summed E-state index contributed by atoms with van der Waals surface area (Å²) in [6.07, 6.45) is 1.91. The number of amides is 1. The standard InChI is InChI=1S/C27H30N2O4/c1-18-15-21(19-10-12-22(31-2)13-11-19)16-23(28-18)20-7-6-14-29(17-20)27(30)26-24(32-3)8-5-9-25(26)33-4/h5,8-13,15-16,20H,6-7,14,17H2,1-4H3. The molecule has 0 aliphatic carbocycles. The highest BCUT2D eigenvalue weighted by molar-refractivity contribution is 5.99. The molecule has 1 unspecified atom stereocenters. The van der Waals surface area contributed by atoms with Gasteiger partial charge in [-0.05, 0) is 67.3 Å². The van der Waals surface area contributed by atoms with Gasteiger partial charge in [0.15, 0.2) is 0 Å². The molecule has 2 aromatic carbocycles. The number of methoxy groups -OCH3 is 3. The maximum absolute atomic E-state index is 13.5. The molecule has 172 valence electrons. The van der Waals surface area contributed by atoms with Crippen LogP contribution >= 0.6 is 0 Å². The molecule has 1 aliphatic rings. The Morgan fingerprint density at radius 1 is 0.939 bits per heavy atom. The summed E-state index contributed by atoms with van der Waals surface area (Å²) in [4.78, 5) is 20.2. The SMILES string of the molecule is COc1ccc(-c2cc(C)nc(C3CCCN(C(=O)c4c(OC)cccc4OC)C3)c2)cc1. The molecule has 1 amide bonds. The molecule has 6 nitrogen and oxygen atoms in total. The molecule has 0 N–H and O–H groups in total. The summed E-state index contributed by atoms with van der Waals surface area (Å²) < 4.78 is 16.2. The Morgan fingerprint density at radius 3 is 2.27 bits per heavy atom. The normalized spacial score (nSPS) is 15.8. The van der Waals surface area contributed by atoms with Crippen molar-refractivity contribution in [2.75, 3.05) is 34.4 Å². The Balaban J connectivity index is 1.60. The Hall–Kier alpha value is -3.54. The minimum atomic E-state index is -0.0722. The second kappa shape index (κ2) is 9.94. The van der Waals surface area contributed by atoms with Gasteiger partial charge >= 0.3 is 0 Å². The smallest absolute Gasteiger partial charge is 0.261 e. The van der Waals surface area contributed by atoms with E-state index in [1.165, 1.54) is 0 Å². The van der Waals surface area contributed by atoms with Crippen molar-refractivity contribution in [2.24, 2.45) is 0 Å². The topological polar surface area (TPSA) is 60.9 Å². The van der Waals surface area contributed by atoms with E-state index in [1.807, 2.05) is 30.0 Å². The molecule has 1 atom stereocenters. The van der Waals surface area contributed by atoms with Crippen molar-refractivity contribution in [3.63, 3.8) is 0 Å². The largest absolute Gasteiger partial charge is 0.497 e. The number of aryl methyl sites for hydroxylation is 1. The average molecular weight is 447 g/mol. The van der Waals surface area contributed by atoms with E-state index < -0.39 is 0 Å². The Kier molecular flexibility index (Phi) is 6.82. The zero-order valence-corrected chi connectivity index (χ0v) is 19.6. The first-order chi connectivity index (χ1) is 16.0. The first kappa shape index (κ1) is 22.6. The average Bonchev–Trinajstić information content (AvgIpc) is 2.87. The zero-order chi connectivity index (χ0) is 23.4. The van der Waals surface area contributed by atoms with E-state index >= 15 is 0 Å². The molecule has 33 heavy (non-hydrogen) atoms. The van der Waals surface area contributed by atoms with Gasteiger partial charge in [-0.15, -0.1) is 0 Å². The molecule has 0 radical (unpaired) electrons. The number of carbonyl (C=O) groups is 1. The van der Waals surface area contributed by atoms with E-state index in [1.54, 1.807) is 33.5 Å². The van der Waals surface area contributed by atoms with Gasteiger partial charge in [-0.3, -0.25) is 9.78 Å². The highest BCUT2D eigenvalue weighted by Crippen LogP contribution is 2.34. The fourth-order valence-corrected chi connectivity index (χ4v) is 4.48. The maximum Gasteiger partial charge on any atom is 0.261 e. The van der Waals surface area contributed by atoms with Crippen LogP contribution < -0.4 is 14.2 Å². The van der Waals surface area contributed by atoms with Crippen molar-refractivity contribution in [1.82, 2.24) is 9.88 Å². The predicted molar refractivity (Wildman–Crippen MR) is 128 cm³/mol. The van der Waals surface area contributed by atoms with Crippen LogP contribution in [-0.4, -0.2) is 50.2 Å². The van der Waals surface area contributed by atoms with Crippen molar-refractivity contribution in [3.05, 3.63) is 71.5 Å². The van der Waals surface area contributed by atoms with E-state index in [0.717, 1.165) is 41.1 Å². The highest BCUT2D eigenvalue weighted by Gasteiger charge is 2.30. The number of piperidine rings is 1. The molecule has 1 aromatic heterocycles. The molecule has 1 fully saturated rings. The molecular formula is C27H30N2O4. The number of benzene rings is 2. The number of hydrogen-bond acceptors (Lipinski definition) is 5. The van der Waals surface area contributed by atoms with Crippen LogP contribution in [-0.2, 0) is 0 Å². The molecule has 1 aliphatic heterocycles. The van der Waals surface area contributed by atoms with Crippen LogP contribution in [0.5, 0.6) is 17.2 Å². The van der Waals surface area contributed by atoms with Gasteiger partial charge < -0.3 is 19.1 Å². The fourth-order valence-electron chi connectivity index (χ4n) is 4.48. The summed E-state index contributed by atoms with van der Waals surface area (Å²) in [6.45, 7) is 3.33. The summed E-state index contributed by atoms with van der Waals surface area (Å²) in [5, 5.41) is 0. The Bertz CT molecular complexity index is 1110. The highest BCUT2D eigenvalue weighted by atomic mass is 16.5. The molecule has 1 saturated heterocycles. The fraction of sp³-hybridized carbons (Fsp3) is 0.333. The second-order valence-electron chi connectivity index (χ2n) is 8.28. The van der Waals surface area contributed by atoms with Crippen molar-refractivity contribution < 1.29 is 19.0 Å². The van der Waals surface area contributed by atoms with Crippen molar-refractivity contribution in [2.45, 2.75) is 25.7 Å². The molecule has 4 rings (SSSR count). The van der Waals surface area contributed by atoms with Crippen LogP contribution in [0.25, 0.3) is 11.1 Å². The summed E-state index contributed by atoms with van der Waals surface area (Å²) in [5.74, 6) is 1.98. The van der Waals surface area contributed by atoms with Gasteiger partial charge in [0.05, 0.1) is 21.3 Å². The summed E-state index contributed by atoms with van der Waals surface area (Å²) in [7, 11) is 4.81. The number of nitrogens with zero attached hydrogens (tertiary/aromatic N) is 2. The lowest BCUT2D eigenvalue weighted by atomic mass is 9.91. The Labute approximate surface area is 195 Å². The number of rotatable bonds is 6. The summed E-state index contributed by atoms with van der Waals surface area (Å²) in [6, 6.07) is 17.7. The minimum Gasteiger partial charge on any atom is -0.497 e. The van der Waals surface area contributed by atoms with Crippen LogP contribution in [0.4, 0.5) is 0 Å². The number of aromatic nitrogens is 1. The van der Waals surface area contributed by atoms with E-state index in [2.05, 4.69) is 24.3 Å². The van der Waals surface area contributed by atoms with Crippen LogP contribution in [0.3, 0.4) is 0 Å². The Morgan fingerprint density at radius 2 is 1.64 bits per heavy atom. The second-order valence-corrected chi connectivity index (χ2v) is 8.28. The molecule has 0 spiro atoms. The number of likely N-dealkylation sites (tertiary alicyclic amines) is 1. The van der Waals surface area contributed by atoms with Gasteiger partial charge in [-0.1, -0.05) is 18.2 Å². The van der Waals surface area contributed by atoms with Gasteiger partial charge in [0.25, 0.3) is 5.91 Å². The van der Waals surface area contributed by atoms with E-state index in [0.29, 0.717) is 30.2 Å². The lowest BCUT2D eigenvalue weighted by Gasteiger charge is -2.33. The van der Waals surface area contributed by atoms with Crippen LogP contribution in [0.2, 0.25) is 0 Å². The molecule has 3 aromatic rings. The van der Waals surface area contributed by atoms with E-state index in [-0.39, 0.29) is 11.8 Å². The molecule has 2 heterocycles. The van der Waals surface area contributed by atoms with E-state index in [9.17, 15) is 4.79 Å². The quantitative estimate of drug-likeness (QED) is 0.527. The monoisotopic (exact) mass is 446 g/mol. The molecule has 0 bridgehead atoms. The van der Waals surface area contributed by atoms with Gasteiger partial charge in [0, 0.05) is 30.4 Å². The molecular weight excluding hydrogens is 416 g/mol. The van der Waals surface area contributed by atoms with Crippen molar-refractivity contribution in [1.29, 1.82) is 0 Å². The number of carbonyl (C=O) groups excluding carboxylic acids is 1. The van der Waals surface area contributed by atoms with Crippen molar-refractivity contribution >= 4 is 5.91 Å². The third-order valence-corrected chi connectivity index (χ3v) is 6.17. The zero-order valence-electron chi connectivity index (χ0n) is 19.6. The molecule has 6 heteroatoms. The maximum atomic E-state index is 13.5. The number of pyridine rings is 1. The third kappa shape index (κ3) is 4.80. The predicted octanol–water partition coefficient (Wildman–Crippen LogP) is 5.10. The summed E-state index contributed by atoms with van der Waals surface area (Å²) >= 11 is 0.